The van der Waals surface area contributed by atoms with Crippen LogP contribution in [-0.2, 0) is 9.53 Å². The van der Waals surface area contributed by atoms with E-state index in [2.05, 4.69) is 10.3 Å². The summed E-state index contributed by atoms with van der Waals surface area (Å²) in [7, 11) is 0. The van der Waals surface area contributed by atoms with Gasteiger partial charge in [-0.1, -0.05) is 17.7 Å². The van der Waals surface area contributed by atoms with Crippen LogP contribution in [0, 0.1) is 0 Å². The maximum atomic E-state index is 11.7. The van der Waals surface area contributed by atoms with Crippen molar-refractivity contribution in [3.05, 3.63) is 41.3 Å². The molecule has 0 saturated heterocycles. The third-order valence-electron chi connectivity index (χ3n) is 2.88. The second-order valence-corrected chi connectivity index (χ2v) is 4.75. The number of pyridine rings is 1. The van der Waals surface area contributed by atoms with Crippen LogP contribution in [0.3, 0.4) is 0 Å². The van der Waals surface area contributed by atoms with E-state index in [1.54, 1.807) is 6.08 Å². The lowest BCUT2D eigenvalue weighted by molar-refractivity contribution is -0.116. The fourth-order valence-electron chi connectivity index (χ4n) is 1.88. The zero-order chi connectivity index (χ0) is 15.1. The van der Waals surface area contributed by atoms with Gasteiger partial charge in [-0.15, -0.1) is 0 Å². The van der Waals surface area contributed by atoms with Crippen LogP contribution in [0.25, 0.3) is 11.7 Å². The number of carbonyl (C=O) groups is 1. The molecule has 0 unspecified atom stereocenters. The highest BCUT2D eigenvalue weighted by Crippen LogP contribution is 2.18. The Morgan fingerprint density at radius 2 is 2.38 bits per heavy atom. The summed E-state index contributed by atoms with van der Waals surface area (Å²) in [5, 5.41) is 3.17. The Labute approximate surface area is 128 Å². The van der Waals surface area contributed by atoms with Crippen LogP contribution in [0.4, 0.5) is 0 Å². The molecule has 0 aliphatic rings. The minimum atomic E-state index is -0.159. The monoisotopic (exact) mass is 307 g/mol. The maximum Gasteiger partial charge on any atom is 0.244 e. The summed E-state index contributed by atoms with van der Waals surface area (Å²) in [6.07, 6.45) is 5.78. The molecule has 0 atom stereocenters. The third kappa shape index (κ3) is 4.31. The second-order valence-electron chi connectivity index (χ2n) is 4.39. The summed E-state index contributed by atoms with van der Waals surface area (Å²) in [5.41, 5.74) is 1.44. The van der Waals surface area contributed by atoms with Crippen molar-refractivity contribution < 1.29 is 9.53 Å². The zero-order valence-corrected chi connectivity index (χ0v) is 12.6. The first-order valence-electron chi connectivity index (χ1n) is 6.88. The van der Waals surface area contributed by atoms with Crippen LogP contribution >= 0.6 is 11.6 Å². The highest BCUT2D eigenvalue weighted by atomic mass is 35.5. The van der Waals surface area contributed by atoms with E-state index in [1.165, 1.54) is 6.08 Å². The van der Waals surface area contributed by atoms with Crippen LogP contribution in [0.5, 0.6) is 0 Å². The molecule has 0 radical (unpaired) electrons. The predicted molar refractivity (Wildman–Crippen MR) is 83.4 cm³/mol. The lowest BCUT2D eigenvalue weighted by Crippen LogP contribution is -2.23. The molecule has 2 aromatic heterocycles. The van der Waals surface area contributed by atoms with Crippen molar-refractivity contribution in [2.75, 3.05) is 19.8 Å². The topological polar surface area (TPSA) is 55.6 Å². The molecule has 5 nitrogen and oxygen atoms in total. The van der Waals surface area contributed by atoms with Gasteiger partial charge in [0, 0.05) is 32.0 Å². The number of imidazole rings is 1. The fraction of sp³-hybridized carbons (Fsp3) is 0.333. The third-order valence-corrected chi connectivity index (χ3v) is 3.16. The van der Waals surface area contributed by atoms with Crippen LogP contribution in [0.2, 0.25) is 5.15 Å². The van der Waals surface area contributed by atoms with Crippen LogP contribution in [0.15, 0.2) is 30.5 Å². The number of ether oxygens (including phenoxy) is 1. The summed E-state index contributed by atoms with van der Waals surface area (Å²) in [6, 6.07) is 5.63. The number of nitrogens with one attached hydrogen (secondary N) is 1. The lowest BCUT2D eigenvalue weighted by Gasteiger charge is -2.02. The number of fused-ring (bicyclic) bond motifs is 1. The molecular weight excluding hydrogens is 290 g/mol. The average Bonchev–Trinajstić information content (AvgIpc) is 2.80. The molecule has 6 heteroatoms. The van der Waals surface area contributed by atoms with E-state index in [9.17, 15) is 4.79 Å². The fourth-order valence-corrected chi connectivity index (χ4v) is 2.12. The first-order chi connectivity index (χ1) is 10.2. The van der Waals surface area contributed by atoms with Crippen LogP contribution in [0.1, 0.15) is 19.0 Å². The smallest absolute Gasteiger partial charge is 0.244 e. The van der Waals surface area contributed by atoms with Gasteiger partial charge in [0.25, 0.3) is 0 Å². The summed E-state index contributed by atoms with van der Waals surface area (Å²) in [6.45, 7) is 3.88. The van der Waals surface area contributed by atoms with Crippen molar-refractivity contribution in [3.8, 4) is 0 Å². The van der Waals surface area contributed by atoms with Gasteiger partial charge in [-0.25, -0.2) is 4.98 Å². The van der Waals surface area contributed by atoms with E-state index in [4.69, 9.17) is 16.3 Å². The number of aromatic nitrogens is 2. The molecular formula is C15H18ClN3O2. The van der Waals surface area contributed by atoms with Gasteiger partial charge < -0.3 is 10.1 Å². The highest BCUT2D eigenvalue weighted by molar-refractivity contribution is 6.31. The molecule has 1 N–H and O–H groups in total. The molecule has 0 aliphatic carbocycles. The first kappa shape index (κ1) is 15.5. The van der Waals surface area contributed by atoms with Gasteiger partial charge in [0.1, 0.15) is 5.65 Å². The molecule has 0 fully saturated rings. The van der Waals surface area contributed by atoms with E-state index < -0.39 is 0 Å². The molecule has 1 amide bonds. The van der Waals surface area contributed by atoms with Crippen molar-refractivity contribution >= 4 is 29.2 Å². The van der Waals surface area contributed by atoms with Gasteiger partial charge in [-0.3, -0.25) is 9.20 Å². The lowest BCUT2D eigenvalue weighted by atomic mass is 10.3. The summed E-state index contributed by atoms with van der Waals surface area (Å²) >= 11 is 6.08. The minimum absolute atomic E-state index is 0.159. The van der Waals surface area contributed by atoms with Crippen molar-refractivity contribution in [1.29, 1.82) is 0 Å². The maximum absolute atomic E-state index is 11.7. The van der Waals surface area contributed by atoms with Gasteiger partial charge in [0.2, 0.25) is 5.91 Å². The molecule has 0 bridgehead atoms. The van der Waals surface area contributed by atoms with Gasteiger partial charge in [0.05, 0.1) is 5.69 Å². The predicted octanol–water partition coefficient (Wildman–Crippen LogP) is 2.54. The van der Waals surface area contributed by atoms with Crippen molar-refractivity contribution in [2.45, 2.75) is 13.3 Å². The van der Waals surface area contributed by atoms with E-state index >= 15 is 0 Å². The molecule has 0 saturated carbocycles. The molecule has 112 valence electrons. The number of rotatable bonds is 7. The zero-order valence-electron chi connectivity index (χ0n) is 11.9. The summed E-state index contributed by atoms with van der Waals surface area (Å²) < 4.78 is 7.03. The number of halogens is 1. The Bertz CT molecular complexity index is 637. The quantitative estimate of drug-likeness (QED) is 0.632. The number of hydrogen-bond acceptors (Lipinski definition) is 3. The molecule has 0 spiro atoms. The van der Waals surface area contributed by atoms with Gasteiger partial charge in [-0.2, -0.15) is 0 Å². The van der Waals surface area contributed by atoms with Gasteiger partial charge in [-0.05, 0) is 31.6 Å². The molecule has 0 aliphatic heterocycles. The Kier molecular flexibility index (Phi) is 5.78. The Balaban J connectivity index is 1.93. The largest absolute Gasteiger partial charge is 0.382 e. The first-order valence-corrected chi connectivity index (χ1v) is 7.26. The molecule has 0 aromatic carbocycles. The summed E-state index contributed by atoms with van der Waals surface area (Å²) in [5.74, 6) is -0.159. The van der Waals surface area contributed by atoms with Crippen LogP contribution in [-0.4, -0.2) is 35.1 Å². The minimum Gasteiger partial charge on any atom is -0.382 e. The highest BCUT2D eigenvalue weighted by Gasteiger charge is 2.06. The van der Waals surface area contributed by atoms with Crippen molar-refractivity contribution in [3.63, 3.8) is 0 Å². The molecule has 2 aromatic rings. The van der Waals surface area contributed by atoms with E-state index in [-0.39, 0.29) is 5.91 Å². The van der Waals surface area contributed by atoms with E-state index in [0.29, 0.717) is 30.6 Å². The Morgan fingerprint density at radius 3 is 3.19 bits per heavy atom. The van der Waals surface area contributed by atoms with Gasteiger partial charge >= 0.3 is 0 Å². The Morgan fingerprint density at radius 1 is 1.52 bits per heavy atom. The number of amides is 1. The number of nitrogens with zero attached hydrogens (tertiary/aromatic N) is 2. The van der Waals surface area contributed by atoms with Gasteiger partial charge in [0.15, 0.2) is 5.15 Å². The van der Waals surface area contributed by atoms with Crippen molar-refractivity contribution in [1.82, 2.24) is 14.7 Å². The average molecular weight is 308 g/mol. The molecule has 21 heavy (non-hydrogen) atoms. The van der Waals surface area contributed by atoms with Crippen molar-refractivity contribution in [2.24, 2.45) is 0 Å². The SMILES string of the molecule is CCOCCCNC(=O)/C=C/c1c(Cl)nc2ccccn12. The molecule has 2 heterocycles. The number of hydrogen-bond donors (Lipinski definition) is 1. The van der Waals surface area contributed by atoms with E-state index in [1.807, 2.05) is 35.7 Å². The number of carbonyl (C=O) groups excluding carboxylic acids is 1. The standard InChI is InChI=1S/C15H18ClN3O2/c1-2-21-11-5-9-17-14(20)8-7-12-15(16)18-13-6-3-4-10-19(12)13/h3-4,6-8,10H,2,5,9,11H2,1H3,(H,17,20)/b8-7+. The van der Waals surface area contributed by atoms with Crippen LogP contribution < -0.4 is 5.32 Å². The summed E-state index contributed by atoms with van der Waals surface area (Å²) in [4.78, 5) is 15.9. The second kappa shape index (κ2) is 7.81. The van der Waals surface area contributed by atoms with E-state index in [0.717, 1.165) is 12.1 Å². The molecule has 2 rings (SSSR count). The normalized spacial score (nSPS) is 11.3. The Hall–Kier alpha value is -1.85.